The Hall–Kier alpha value is -4.69. The third-order valence-corrected chi connectivity index (χ3v) is 11.9. The van der Waals surface area contributed by atoms with Crippen molar-refractivity contribution in [3.05, 3.63) is 106 Å². The van der Waals surface area contributed by atoms with Crippen molar-refractivity contribution in [2.45, 2.75) is 38.5 Å². The third-order valence-electron chi connectivity index (χ3n) is 10.7. The number of fused-ring (bicyclic) bond motifs is 2. The van der Waals surface area contributed by atoms with E-state index in [-0.39, 0.29) is 19.3 Å². The fourth-order valence-electron chi connectivity index (χ4n) is 7.89. The number of aliphatic hydroxyl groups is 2. The van der Waals surface area contributed by atoms with Crippen molar-refractivity contribution in [2.75, 3.05) is 67.3 Å². The number of amides is 1. The van der Waals surface area contributed by atoms with Crippen LogP contribution in [0.1, 0.15) is 20.8 Å². The summed E-state index contributed by atoms with van der Waals surface area (Å²) in [5.41, 5.74) is 4.24. The first-order valence-electron chi connectivity index (χ1n) is 19.3. The molecule has 1 amide bonds. The zero-order chi connectivity index (χ0) is 41.6. The van der Waals surface area contributed by atoms with E-state index in [0.29, 0.717) is 70.7 Å². The second-order valence-electron chi connectivity index (χ2n) is 15.7. The Labute approximate surface area is 362 Å². The van der Waals surface area contributed by atoms with E-state index in [1.54, 1.807) is 11.2 Å². The quantitative estimate of drug-likeness (QED) is 0.155. The van der Waals surface area contributed by atoms with Crippen LogP contribution in [0.15, 0.2) is 85.5 Å². The Bertz CT molecular complexity index is 2520. The van der Waals surface area contributed by atoms with Crippen LogP contribution >= 0.6 is 46.4 Å². The highest BCUT2D eigenvalue weighted by Crippen LogP contribution is 2.38. The smallest absolute Gasteiger partial charge is 0.410 e. The molecule has 2 aliphatic heterocycles. The average molecular weight is 878 g/mol. The zero-order valence-corrected chi connectivity index (χ0v) is 35.7. The summed E-state index contributed by atoms with van der Waals surface area (Å²) in [7, 11) is 0. The van der Waals surface area contributed by atoms with E-state index < -0.39 is 17.7 Å². The fraction of sp³-hybridized carbons (Fsp3) is 0.326. The number of aromatic nitrogens is 4. The number of carbonyl (C=O) groups is 1. The summed E-state index contributed by atoms with van der Waals surface area (Å²) >= 11 is 26.3. The molecule has 0 saturated carbocycles. The van der Waals surface area contributed by atoms with Gasteiger partial charge in [0.2, 0.25) is 0 Å². The van der Waals surface area contributed by atoms with Crippen LogP contribution in [0.25, 0.3) is 44.1 Å². The van der Waals surface area contributed by atoms with E-state index in [9.17, 15) is 15.0 Å². The molecule has 2 aromatic heterocycles. The van der Waals surface area contributed by atoms with Gasteiger partial charge in [0.05, 0.1) is 46.7 Å². The number of hydrogen-bond donors (Lipinski definition) is 2. The highest BCUT2D eigenvalue weighted by Gasteiger charge is 2.38. The third kappa shape index (κ3) is 8.39. The van der Waals surface area contributed by atoms with Crippen LogP contribution in [0.2, 0.25) is 20.1 Å². The molecule has 12 nitrogen and oxygen atoms in total. The van der Waals surface area contributed by atoms with Crippen LogP contribution < -0.4 is 19.5 Å². The number of rotatable bonds is 7. The van der Waals surface area contributed by atoms with Gasteiger partial charge in [-0.05, 0) is 79.3 Å². The second kappa shape index (κ2) is 16.8. The standard InChI is InChI=1S/C43H43Cl4N8O4/c1-43(2,3)59-42(58)53-14-12-51(20-30(53)22-56)41-35-17-33(27-6-10-29(45)11-7-27)37(47)19-39(35)55(25-50-41)54-15-13-52(21-31(54)23-57)40-34-16-32(26-4-8-28(44)9-5-26)36(46)18-38(34)48-24-49-40/h4-11,16-19,24-25,30-31,56-57H,12-15,20-23H2,1-3H3/q+1. The maximum Gasteiger partial charge on any atom is 0.410 e. The Kier molecular flexibility index (Phi) is 11.7. The summed E-state index contributed by atoms with van der Waals surface area (Å²) in [6.07, 6.45) is 2.82. The Morgan fingerprint density at radius 3 is 1.90 bits per heavy atom. The number of nitrogens with zero attached hydrogens (tertiary/aromatic N) is 8. The Morgan fingerprint density at radius 1 is 0.729 bits per heavy atom. The van der Waals surface area contributed by atoms with Crippen molar-refractivity contribution in [1.82, 2.24) is 19.9 Å². The summed E-state index contributed by atoms with van der Waals surface area (Å²) in [6, 6.07) is 21.9. The van der Waals surface area contributed by atoms with Gasteiger partial charge < -0.3 is 24.7 Å². The molecule has 16 heteroatoms. The highest BCUT2D eigenvalue weighted by atomic mass is 35.5. The zero-order valence-electron chi connectivity index (χ0n) is 32.7. The second-order valence-corrected chi connectivity index (χ2v) is 17.4. The first kappa shape index (κ1) is 41.1. The van der Waals surface area contributed by atoms with E-state index in [4.69, 9.17) is 61.1 Å². The van der Waals surface area contributed by atoms with E-state index in [1.807, 2.05) is 98.2 Å². The van der Waals surface area contributed by atoms with Crippen molar-refractivity contribution >= 4 is 85.9 Å². The van der Waals surface area contributed by atoms with Crippen LogP contribution in [-0.2, 0) is 4.74 Å². The van der Waals surface area contributed by atoms with E-state index in [2.05, 4.69) is 19.8 Å². The molecule has 4 aromatic carbocycles. The van der Waals surface area contributed by atoms with Gasteiger partial charge in [0, 0.05) is 65.3 Å². The van der Waals surface area contributed by atoms with Crippen LogP contribution in [0.5, 0.6) is 0 Å². The normalized spacial score (nSPS) is 17.6. The highest BCUT2D eigenvalue weighted by molar-refractivity contribution is 6.35. The number of piperazine rings is 2. The van der Waals surface area contributed by atoms with E-state index in [1.165, 1.54) is 6.33 Å². The first-order chi connectivity index (χ1) is 28.3. The maximum absolute atomic E-state index is 13.1. The molecule has 2 saturated heterocycles. The molecule has 306 valence electrons. The van der Waals surface area contributed by atoms with Gasteiger partial charge in [-0.25, -0.2) is 19.8 Å². The molecule has 2 unspecified atom stereocenters. The molecule has 8 rings (SSSR count). The summed E-state index contributed by atoms with van der Waals surface area (Å²) < 4.78 is 7.63. The minimum Gasteiger partial charge on any atom is -0.444 e. The van der Waals surface area contributed by atoms with Gasteiger partial charge >= 0.3 is 12.4 Å². The largest absolute Gasteiger partial charge is 0.444 e. The maximum atomic E-state index is 13.1. The molecule has 2 N–H and O–H groups in total. The summed E-state index contributed by atoms with van der Waals surface area (Å²) in [6.45, 7) is 7.70. The predicted molar refractivity (Wildman–Crippen MR) is 235 cm³/mol. The number of ether oxygens (including phenoxy) is 1. The molecule has 2 atom stereocenters. The van der Waals surface area contributed by atoms with Crippen molar-refractivity contribution in [3.8, 4) is 22.3 Å². The van der Waals surface area contributed by atoms with E-state index >= 15 is 0 Å². The predicted octanol–water partition coefficient (Wildman–Crippen LogP) is 7.65. The number of benzene rings is 4. The molecule has 0 spiro atoms. The molecule has 0 radical (unpaired) electrons. The van der Waals surface area contributed by atoms with Crippen LogP contribution in [0.4, 0.5) is 16.4 Å². The van der Waals surface area contributed by atoms with Crippen molar-refractivity contribution in [1.29, 1.82) is 0 Å². The van der Waals surface area contributed by atoms with Gasteiger partial charge in [-0.3, -0.25) is 4.90 Å². The van der Waals surface area contributed by atoms with Gasteiger partial charge in [0.1, 0.15) is 23.8 Å². The van der Waals surface area contributed by atoms with Gasteiger partial charge in [-0.2, -0.15) is 0 Å². The molecular formula is C43H43Cl4N8O4+. The number of hydrogen-bond acceptors (Lipinski definition) is 10. The van der Waals surface area contributed by atoms with E-state index in [0.717, 1.165) is 44.4 Å². The molecule has 2 aliphatic rings. The molecule has 2 fully saturated rings. The number of halogens is 4. The van der Waals surface area contributed by atoms with Crippen LogP contribution in [-0.4, -0.2) is 106 Å². The molecule has 59 heavy (non-hydrogen) atoms. The molecule has 0 bridgehead atoms. The van der Waals surface area contributed by atoms with Gasteiger partial charge in [-0.1, -0.05) is 70.7 Å². The van der Waals surface area contributed by atoms with Crippen molar-refractivity contribution in [2.24, 2.45) is 0 Å². The van der Waals surface area contributed by atoms with Crippen molar-refractivity contribution < 1.29 is 24.4 Å². The molecular weight excluding hydrogens is 834 g/mol. The Morgan fingerprint density at radius 2 is 1.29 bits per heavy atom. The Balaban J connectivity index is 1.15. The SMILES string of the molecule is CC(C)(C)OC(=O)N1CCN(c2nc[n+](N3CCN(c4ncnc5cc(Cl)c(-c6ccc(Cl)cc6)cc45)CC3CO)c3cc(Cl)c(-c4ccc(Cl)cc4)cc23)CC1CO. The average Bonchev–Trinajstić information content (AvgIpc) is 3.22. The summed E-state index contributed by atoms with van der Waals surface area (Å²) in [5.74, 6) is 1.41. The van der Waals surface area contributed by atoms with Gasteiger partial charge in [0.25, 0.3) is 5.82 Å². The number of aliphatic hydroxyl groups excluding tert-OH is 2. The molecule has 4 heterocycles. The van der Waals surface area contributed by atoms with Crippen LogP contribution in [0.3, 0.4) is 0 Å². The summed E-state index contributed by atoms with van der Waals surface area (Å²) in [4.78, 5) is 33.3. The minimum absolute atomic E-state index is 0.154. The lowest BCUT2D eigenvalue weighted by Gasteiger charge is -2.41. The topological polar surface area (TPSA) is 122 Å². The lowest BCUT2D eigenvalue weighted by Crippen LogP contribution is -2.70. The number of anilines is 2. The molecule has 0 aliphatic carbocycles. The van der Waals surface area contributed by atoms with Crippen LogP contribution in [0, 0.1) is 0 Å². The lowest BCUT2D eigenvalue weighted by molar-refractivity contribution is -0.675. The monoisotopic (exact) mass is 875 g/mol. The summed E-state index contributed by atoms with van der Waals surface area (Å²) in [5, 5.41) is 27.5. The van der Waals surface area contributed by atoms with Gasteiger partial charge in [-0.15, -0.1) is 4.68 Å². The fourth-order valence-corrected chi connectivity index (χ4v) is 8.67. The first-order valence-corrected chi connectivity index (χ1v) is 20.8. The van der Waals surface area contributed by atoms with Gasteiger partial charge in [0.15, 0.2) is 5.52 Å². The lowest BCUT2D eigenvalue weighted by atomic mass is 10.0. The van der Waals surface area contributed by atoms with Crippen molar-refractivity contribution in [3.63, 3.8) is 0 Å². The number of carbonyl (C=O) groups excluding carboxylic acids is 1. The molecule has 6 aromatic rings. The minimum atomic E-state index is -0.674.